The zero-order valence-electron chi connectivity index (χ0n) is 8.38. The maximum Gasteiger partial charge on any atom is 0.273 e. The molecule has 5 heteroatoms. The summed E-state index contributed by atoms with van der Waals surface area (Å²) < 4.78 is 1.52. The van der Waals surface area contributed by atoms with E-state index in [1.165, 1.54) is 4.68 Å². The van der Waals surface area contributed by atoms with Crippen LogP contribution in [0.15, 0.2) is 6.20 Å². The van der Waals surface area contributed by atoms with Crippen LogP contribution in [0.25, 0.3) is 0 Å². The molecule has 4 nitrogen and oxygen atoms in total. The van der Waals surface area contributed by atoms with E-state index in [4.69, 9.17) is 11.6 Å². The number of hydrogen-bond donors (Lipinski definition) is 1. The van der Waals surface area contributed by atoms with Crippen LogP contribution in [-0.2, 0) is 7.05 Å². The molecule has 0 aliphatic heterocycles. The smallest absolute Gasteiger partial charge is 0.273 e. The van der Waals surface area contributed by atoms with Crippen molar-refractivity contribution in [3.63, 3.8) is 0 Å². The fourth-order valence-corrected chi connectivity index (χ4v) is 1.34. The summed E-state index contributed by atoms with van der Waals surface area (Å²) in [5.41, 5.74) is 0.297. The first-order valence-corrected chi connectivity index (χ1v) is 5.00. The van der Waals surface area contributed by atoms with Crippen molar-refractivity contribution in [2.45, 2.75) is 19.8 Å². The quantitative estimate of drug-likeness (QED) is 0.776. The minimum atomic E-state index is -0.205. The van der Waals surface area contributed by atoms with Crippen molar-refractivity contribution in [3.8, 4) is 0 Å². The Labute approximate surface area is 88.2 Å². The second-order valence-electron chi connectivity index (χ2n) is 3.11. The van der Waals surface area contributed by atoms with Gasteiger partial charge in [-0.1, -0.05) is 24.9 Å². The summed E-state index contributed by atoms with van der Waals surface area (Å²) in [5.74, 6) is -0.205. The maximum atomic E-state index is 11.5. The molecular formula is C9H14ClN3O. The van der Waals surface area contributed by atoms with Gasteiger partial charge >= 0.3 is 0 Å². The molecule has 1 amide bonds. The van der Waals surface area contributed by atoms with E-state index in [-0.39, 0.29) is 5.91 Å². The van der Waals surface area contributed by atoms with Crippen LogP contribution in [0.3, 0.4) is 0 Å². The van der Waals surface area contributed by atoms with Gasteiger partial charge in [0.1, 0.15) is 0 Å². The third-order valence-electron chi connectivity index (χ3n) is 1.82. The van der Waals surface area contributed by atoms with Crippen molar-refractivity contribution in [2.24, 2.45) is 7.05 Å². The number of unbranched alkanes of at least 4 members (excludes halogenated alkanes) is 1. The van der Waals surface area contributed by atoms with Crippen LogP contribution in [0.4, 0.5) is 0 Å². The Morgan fingerprint density at radius 2 is 2.43 bits per heavy atom. The molecule has 0 fully saturated rings. The van der Waals surface area contributed by atoms with Crippen molar-refractivity contribution < 1.29 is 4.79 Å². The van der Waals surface area contributed by atoms with Crippen LogP contribution in [0.5, 0.6) is 0 Å². The molecule has 0 saturated heterocycles. The summed E-state index contributed by atoms with van der Waals surface area (Å²) in [6.07, 6.45) is 3.63. The SMILES string of the molecule is CCCCNC(=O)c1nn(C)cc1Cl. The van der Waals surface area contributed by atoms with Crippen LogP contribution < -0.4 is 5.32 Å². The number of nitrogens with zero attached hydrogens (tertiary/aromatic N) is 2. The highest BCUT2D eigenvalue weighted by atomic mass is 35.5. The molecular weight excluding hydrogens is 202 g/mol. The van der Waals surface area contributed by atoms with Gasteiger partial charge in [-0.05, 0) is 6.42 Å². The minimum Gasteiger partial charge on any atom is -0.351 e. The van der Waals surface area contributed by atoms with E-state index in [0.717, 1.165) is 12.8 Å². The summed E-state index contributed by atoms with van der Waals surface area (Å²) >= 11 is 5.81. The Hall–Kier alpha value is -1.03. The fraction of sp³-hybridized carbons (Fsp3) is 0.556. The normalized spacial score (nSPS) is 10.2. The van der Waals surface area contributed by atoms with Crippen molar-refractivity contribution in [2.75, 3.05) is 6.54 Å². The molecule has 1 aromatic rings. The minimum absolute atomic E-state index is 0.205. The van der Waals surface area contributed by atoms with E-state index in [0.29, 0.717) is 17.3 Å². The molecule has 0 saturated carbocycles. The molecule has 1 aromatic heterocycles. The number of hydrogen-bond acceptors (Lipinski definition) is 2. The van der Waals surface area contributed by atoms with Crippen molar-refractivity contribution in [1.29, 1.82) is 0 Å². The third kappa shape index (κ3) is 2.73. The van der Waals surface area contributed by atoms with Crippen LogP contribution >= 0.6 is 11.6 Å². The summed E-state index contributed by atoms with van der Waals surface area (Å²) in [6.45, 7) is 2.74. The molecule has 0 unspecified atom stereocenters. The number of nitrogens with one attached hydrogen (secondary N) is 1. The molecule has 0 bridgehead atoms. The van der Waals surface area contributed by atoms with Crippen molar-refractivity contribution in [3.05, 3.63) is 16.9 Å². The van der Waals surface area contributed by atoms with Gasteiger partial charge in [-0.25, -0.2) is 0 Å². The zero-order valence-corrected chi connectivity index (χ0v) is 9.14. The number of aryl methyl sites for hydroxylation is 1. The summed E-state index contributed by atoms with van der Waals surface area (Å²) in [6, 6.07) is 0. The van der Waals surface area contributed by atoms with E-state index < -0.39 is 0 Å². The largest absolute Gasteiger partial charge is 0.351 e. The molecule has 1 heterocycles. The van der Waals surface area contributed by atoms with Gasteiger partial charge in [0.05, 0.1) is 5.02 Å². The molecule has 0 radical (unpaired) electrons. The maximum absolute atomic E-state index is 11.5. The highest BCUT2D eigenvalue weighted by Crippen LogP contribution is 2.12. The van der Waals surface area contributed by atoms with Gasteiger partial charge < -0.3 is 5.32 Å². The standard InChI is InChI=1S/C9H14ClN3O/c1-3-4-5-11-9(14)8-7(10)6-13(2)12-8/h6H,3-5H2,1-2H3,(H,11,14). The molecule has 1 rings (SSSR count). The van der Waals surface area contributed by atoms with E-state index in [1.807, 2.05) is 0 Å². The molecule has 0 aliphatic rings. The molecule has 14 heavy (non-hydrogen) atoms. The van der Waals surface area contributed by atoms with Gasteiger partial charge in [0, 0.05) is 19.8 Å². The van der Waals surface area contributed by atoms with Crippen molar-refractivity contribution >= 4 is 17.5 Å². The van der Waals surface area contributed by atoms with E-state index >= 15 is 0 Å². The lowest BCUT2D eigenvalue weighted by molar-refractivity contribution is 0.0947. The molecule has 0 atom stereocenters. The number of amides is 1. The average Bonchev–Trinajstić information content (AvgIpc) is 2.45. The number of carbonyl (C=O) groups excluding carboxylic acids is 1. The van der Waals surface area contributed by atoms with Gasteiger partial charge in [-0.15, -0.1) is 0 Å². The molecule has 0 aromatic carbocycles. The highest BCUT2D eigenvalue weighted by Gasteiger charge is 2.13. The molecule has 78 valence electrons. The van der Waals surface area contributed by atoms with Gasteiger partial charge in [0.15, 0.2) is 5.69 Å². The lowest BCUT2D eigenvalue weighted by atomic mass is 10.3. The van der Waals surface area contributed by atoms with Crippen LogP contribution in [0.2, 0.25) is 5.02 Å². The lowest BCUT2D eigenvalue weighted by Gasteiger charge is -2.00. The zero-order chi connectivity index (χ0) is 10.6. The van der Waals surface area contributed by atoms with Crippen LogP contribution in [0.1, 0.15) is 30.3 Å². The van der Waals surface area contributed by atoms with Gasteiger partial charge in [0.25, 0.3) is 5.91 Å². The Morgan fingerprint density at radius 3 is 2.93 bits per heavy atom. The monoisotopic (exact) mass is 215 g/mol. The van der Waals surface area contributed by atoms with Crippen LogP contribution in [0, 0.1) is 0 Å². The van der Waals surface area contributed by atoms with Crippen molar-refractivity contribution in [1.82, 2.24) is 15.1 Å². The Bertz CT molecular complexity index is 322. The first kappa shape index (κ1) is 11.0. The predicted molar refractivity (Wildman–Crippen MR) is 55.5 cm³/mol. The topological polar surface area (TPSA) is 46.9 Å². The number of rotatable bonds is 4. The number of aromatic nitrogens is 2. The van der Waals surface area contributed by atoms with E-state index in [1.54, 1.807) is 13.2 Å². The molecule has 1 N–H and O–H groups in total. The van der Waals surface area contributed by atoms with Crippen LogP contribution in [-0.4, -0.2) is 22.2 Å². The second kappa shape index (κ2) is 5.00. The fourth-order valence-electron chi connectivity index (χ4n) is 1.08. The summed E-state index contributed by atoms with van der Waals surface area (Å²) in [5, 5.41) is 7.11. The third-order valence-corrected chi connectivity index (χ3v) is 2.09. The first-order valence-electron chi connectivity index (χ1n) is 4.62. The second-order valence-corrected chi connectivity index (χ2v) is 3.52. The Kier molecular flexibility index (Phi) is 3.95. The summed E-state index contributed by atoms with van der Waals surface area (Å²) in [4.78, 5) is 11.5. The lowest BCUT2D eigenvalue weighted by Crippen LogP contribution is -2.25. The number of halogens is 1. The van der Waals surface area contributed by atoms with E-state index in [2.05, 4.69) is 17.3 Å². The Morgan fingerprint density at radius 1 is 1.71 bits per heavy atom. The van der Waals surface area contributed by atoms with Gasteiger partial charge in [-0.2, -0.15) is 5.10 Å². The number of carbonyl (C=O) groups is 1. The van der Waals surface area contributed by atoms with Gasteiger partial charge in [-0.3, -0.25) is 9.48 Å². The highest BCUT2D eigenvalue weighted by molar-refractivity contribution is 6.33. The molecule has 0 aliphatic carbocycles. The predicted octanol–water partition coefficient (Wildman–Crippen LogP) is 1.60. The average molecular weight is 216 g/mol. The summed E-state index contributed by atoms with van der Waals surface area (Å²) in [7, 11) is 1.73. The molecule has 0 spiro atoms. The van der Waals surface area contributed by atoms with E-state index in [9.17, 15) is 4.79 Å². The van der Waals surface area contributed by atoms with Gasteiger partial charge in [0.2, 0.25) is 0 Å². The Balaban J connectivity index is 2.56. The first-order chi connectivity index (χ1) is 6.65.